The molecular formula is C10H13ClFNO. The maximum atomic E-state index is 13.6. The molecule has 1 rings (SSSR count). The van der Waals surface area contributed by atoms with E-state index in [1.165, 1.54) is 6.07 Å². The van der Waals surface area contributed by atoms with Gasteiger partial charge in [-0.1, -0.05) is 17.7 Å². The molecule has 14 heavy (non-hydrogen) atoms. The first-order chi connectivity index (χ1) is 6.40. The Morgan fingerprint density at radius 2 is 2.14 bits per heavy atom. The second-order valence-corrected chi connectivity index (χ2v) is 4.04. The number of aryl methyl sites for hydroxylation is 1. The van der Waals surface area contributed by atoms with Gasteiger partial charge in [0.15, 0.2) is 0 Å². The number of rotatable bonds is 2. The van der Waals surface area contributed by atoms with Crippen molar-refractivity contribution in [3.8, 4) is 0 Å². The van der Waals surface area contributed by atoms with Gasteiger partial charge in [0, 0.05) is 5.56 Å². The fourth-order valence-corrected chi connectivity index (χ4v) is 1.58. The molecule has 1 unspecified atom stereocenters. The van der Waals surface area contributed by atoms with Gasteiger partial charge < -0.3 is 10.8 Å². The molecule has 0 heterocycles. The lowest BCUT2D eigenvalue weighted by molar-refractivity contribution is 0.206. The Morgan fingerprint density at radius 1 is 1.57 bits per heavy atom. The van der Waals surface area contributed by atoms with Crippen LogP contribution in [0.5, 0.6) is 0 Å². The van der Waals surface area contributed by atoms with Crippen molar-refractivity contribution in [3.63, 3.8) is 0 Å². The molecule has 1 aromatic carbocycles. The zero-order valence-electron chi connectivity index (χ0n) is 8.14. The molecule has 0 aliphatic rings. The molecule has 0 fully saturated rings. The number of benzene rings is 1. The summed E-state index contributed by atoms with van der Waals surface area (Å²) in [6.45, 7) is 2.97. The van der Waals surface area contributed by atoms with Gasteiger partial charge in [-0.25, -0.2) is 4.39 Å². The van der Waals surface area contributed by atoms with E-state index in [1.807, 2.05) is 0 Å². The van der Waals surface area contributed by atoms with Gasteiger partial charge in [0.1, 0.15) is 5.82 Å². The predicted molar refractivity (Wildman–Crippen MR) is 54.8 cm³/mol. The molecule has 0 aliphatic carbocycles. The van der Waals surface area contributed by atoms with Crippen LogP contribution in [0.3, 0.4) is 0 Å². The van der Waals surface area contributed by atoms with Crippen molar-refractivity contribution in [3.05, 3.63) is 34.1 Å². The zero-order chi connectivity index (χ0) is 10.9. The molecular weight excluding hydrogens is 205 g/mol. The van der Waals surface area contributed by atoms with E-state index in [1.54, 1.807) is 19.9 Å². The predicted octanol–water partition coefficient (Wildman–Crippen LogP) is 1.95. The van der Waals surface area contributed by atoms with Crippen molar-refractivity contribution >= 4 is 11.6 Å². The van der Waals surface area contributed by atoms with Crippen molar-refractivity contribution in [1.29, 1.82) is 0 Å². The first kappa shape index (κ1) is 11.4. The fourth-order valence-electron chi connectivity index (χ4n) is 1.43. The molecule has 1 atom stereocenters. The number of aliphatic hydroxyl groups is 1. The summed E-state index contributed by atoms with van der Waals surface area (Å²) in [6, 6.07) is 3.16. The number of halogens is 2. The minimum atomic E-state index is -1.10. The normalized spacial score (nSPS) is 15.3. The number of nitrogens with two attached hydrogens (primary N) is 1. The first-order valence-corrected chi connectivity index (χ1v) is 4.63. The molecule has 3 N–H and O–H groups in total. The SMILES string of the molecule is Cc1ccc(Cl)c(F)c1C(C)(N)CO. The molecule has 1 aromatic rings. The summed E-state index contributed by atoms with van der Waals surface area (Å²) in [5.41, 5.74) is 5.62. The van der Waals surface area contributed by atoms with E-state index in [9.17, 15) is 4.39 Å². The third-order valence-corrected chi connectivity index (χ3v) is 2.49. The summed E-state index contributed by atoms with van der Waals surface area (Å²) in [4.78, 5) is 0. The van der Waals surface area contributed by atoms with Crippen LogP contribution in [-0.2, 0) is 5.54 Å². The van der Waals surface area contributed by atoms with Crippen LogP contribution in [0.2, 0.25) is 5.02 Å². The highest BCUT2D eigenvalue weighted by Crippen LogP contribution is 2.28. The highest BCUT2D eigenvalue weighted by Gasteiger charge is 2.27. The highest BCUT2D eigenvalue weighted by atomic mass is 35.5. The van der Waals surface area contributed by atoms with Gasteiger partial charge in [-0.15, -0.1) is 0 Å². The summed E-state index contributed by atoms with van der Waals surface area (Å²) in [6.07, 6.45) is 0. The van der Waals surface area contributed by atoms with Crippen molar-refractivity contribution < 1.29 is 9.50 Å². The summed E-state index contributed by atoms with van der Waals surface area (Å²) in [7, 11) is 0. The Labute approximate surface area is 87.5 Å². The van der Waals surface area contributed by atoms with Crippen LogP contribution in [0, 0.1) is 12.7 Å². The Kier molecular flexibility index (Phi) is 3.14. The third-order valence-electron chi connectivity index (χ3n) is 2.20. The van der Waals surface area contributed by atoms with Crippen LogP contribution in [-0.4, -0.2) is 11.7 Å². The molecule has 0 spiro atoms. The minimum Gasteiger partial charge on any atom is -0.394 e. The topological polar surface area (TPSA) is 46.2 Å². The molecule has 78 valence electrons. The second-order valence-electron chi connectivity index (χ2n) is 3.63. The van der Waals surface area contributed by atoms with Gasteiger partial charge in [-0.2, -0.15) is 0 Å². The molecule has 0 radical (unpaired) electrons. The van der Waals surface area contributed by atoms with Crippen LogP contribution >= 0.6 is 11.6 Å². The van der Waals surface area contributed by atoms with Crippen LogP contribution < -0.4 is 5.73 Å². The molecule has 0 amide bonds. The molecule has 0 saturated carbocycles. The largest absolute Gasteiger partial charge is 0.394 e. The van der Waals surface area contributed by atoms with E-state index >= 15 is 0 Å². The summed E-state index contributed by atoms with van der Waals surface area (Å²) >= 11 is 5.64. The van der Waals surface area contributed by atoms with Crippen molar-refractivity contribution in [1.82, 2.24) is 0 Å². The molecule has 0 aliphatic heterocycles. The Morgan fingerprint density at radius 3 is 2.64 bits per heavy atom. The minimum absolute atomic E-state index is 0.0238. The van der Waals surface area contributed by atoms with E-state index in [0.29, 0.717) is 5.56 Å². The molecule has 0 aromatic heterocycles. The average Bonchev–Trinajstić information content (AvgIpc) is 2.12. The number of hydrogen-bond donors (Lipinski definition) is 2. The number of hydrogen-bond acceptors (Lipinski definition) is 2. The van der Waals surface area contributed by atoms with E-state index in [4.69, 9.17) is 22.4 Å². The first-order valence-electron chi connectivity index (χ1n) is 4.25. The summed E-state index contributed by atoms with van der Waals surface area (Å²) < 4.78 is 13.6. The van der Waals surface area contributed by atoms with Crippen molar-refractivity contribution in [2.45, 2.75) is 19.4 Å². The van der Waals surface area contributed by atoms with E-state index in [2.05, 4.69) is 0 Å². The lowest BCUT2D eigenvalue weighted by Crippen LogP contribution is -2.38. The smallest absolute Gasteiger partial charge is 0.147 e. The number of aliphatic hydroxyl groups excluding tert-OH is 1. The average molecular weight is 218 g/mol. The van der Waals surface area contributed by atoms with Gasteiger partial charge in [0.05, 0.1) is 17.2 Å². The van der Waals surface area contributed by atoms with E-state index in [0.717, 1.165) is 0 Å². The third kappa shape index (κ3) is 1.90. The van der Waals surface area contributed by atoms with Crippen LogP contribution in [0.4, 0.5) is 4.39 Å². The Bertz CT molecular complexity index is 352. The van der Waals surface area contributed by atoms with Crippen molar-refractivity contribution in [2.24, 2.45) is 5.73 Å². The highest BCUT2D eigenvalue weighted by molar-refractivity contribution is 6.30. The van der Waals surface area contributed by atoms with Crippen LogP contribution in [0.1, 0.15) is 18.1 Å². The Hall–Kier alpha value is -0.640. The maximum absolute atomic E-state index is 13.6. The van der Waals surface area contributed by atoms with Crippen molar-refractivity contribution in [2.75, 3.05) is 6.61 Å². The monoisotopic (exact) mass is 217 g/mol. The van der Waals surface area contributed by atoms with Gasteiger partial charge in [-0.05, 0) is 25.5 Å². The Balaban J connectivity index is 3.40. The van der Waals surface area contributed by atoms with Gasteiger partial charge in [0.2, 0.25) is 0 Å². The van der Waals surface area contributed by atoms with Crippen LogP contribution in [0.15, 0.2) is 12.1 Å². The second kappa shape index (κ2) is 3.85. The van der Waals surface area contributed by atoms with E-state index < -0.39 is 11.4 Å². The standard InChI is InChI=1S/C10H13ClFNO/c1-6-3-4-7(11)9(12)8(6)10(2,13)5-14/h3-4,14H,5,13H2,1-2H3. The fraction of sp³-hybridized carbons (Fsp3) is 0.400. The van der Waals surface area contributed by atoms with E-state index in [-0.39, 0.29) is 17.2 Å². The molecule has 4 heteroatoms. The maximum Gasteiger partial charge on any atom is 0.147 e. The quantitative estimate of drug-likeness (QED) is 0.796. The van der Waals surface area contributed by atoms with Crippen LogP contribution in [0.25, 0.3) is 0 Å². The lowest BCUT2D eigenvalue weighted by atomic mass is 9.90. The van der Waals surface area contributed by atoms with Gasteiger partial charge >= 0.3 is 0 Å². The van der Waals surface area contributed by atoms with Gasteiger partial charge in [0.25, 0.3) is 0 Å². The van der Waals surface area contributed by atoms with Gasteiger partial charge in [-0.3, -0.25) is 0 Å². The molecule has 0 bridgehead atoms. The lowest BCUT2D eigenvalue weighted by Gasteiger charge is -2.25. The zero-order valence-corrected chi connectivity index (χ0v) is 8.90. The molecule has 2 nitrogen and oxygen atoms in total. The molecule has 0 saturated heterocycles. The summed E-state index contributed by atoms with van der Waals surface area (Å²) in [5.74, 6) is -0.550. The summed E-state index contributed by atoms with van der Waals surface area (Å²) in [5, 5.41) is 9.08.